The number of nitrogens with one attached hydrogen (secondary N) is 1. The predicted molar refractivity (Wildman–Crippen MR) is 94.3 cm³/mol. The number of benzene rings is 2. The van der Waals surface area contributed by atoms with E-state index >= 15 is 0 Å². The minimum absolute atomic E-state index is 0. The number of fused-ring (bicyclic) bond motifs is 1. The first-order valence-corrected chi connectivity index (χ1v) is 7.23. The first-order chi connectivity index (χ1) is 9.52. The van der Waals surface area contributed by atoms with Crippen LogP contribution in [0.15, 0.2) is 36.4 Å². The molecule has 1 heterocycles. The maximum atomic E-state index is 8.23. The van der Waals surface area contributed by atoms with Crippen molar-refractivity contribution in [2.75, 3.05) is 0 Å². The van der Waals surface area contributed by atoms with Crippen LogP contribution >= 0.6 is 51.8 Å². The summed E-state index contributed by atoms with van der Waals surface area (Å²) in [6.07, 6.45) is 0. The van der Waals surface area contributed by atoms with E-state index in [0.717, 1.165) is 16.7 Å². The smallest absolute Gasteiger partial charge is 0.129 e. The van der Waals surface area contributed by atoms with Crippen LogP contribution in [0.2, 0.25) is 15.1 Å². The van der Waals surface area contributed by atoms with Crippen LogP contribution in [0, 0.1) is 5.41 Å². The molecular weight excluding hydrogens is 394 g/mol. The number of rotatable bonds is 2. The first-order valence-electron chi connectivity index (χ1n) is 6.10. The Morgan fingerprint density at radius 2 is 1.62 bits per heavy atom. The van der Waals surface area contributed by atoms with Gasteiger partial charge in [0.25, 0.3) is 0 Å². The number of hydrogen-bond donors (Lipinski definition) is 1. The molecule has 6 heteroatoms. The lowest BCUT2D eigenvalue weighted by Gasteiger charge is -2.18. The molecule has 1 N–H and O–H groups in total. The molecule has 110 valence electrons. The Hall–Kier alpha value is -0.740. The molecule has 0 fully saturated rings. The maximum Gasteiger partial charge on any atom is 0.129 e. The third kappa shape index (κ3) is 3.54. The van der Waals surface area contributed by atoms with Gasteiger partial charge in [0, 0.05) is 33.7 Å². The maximum absolute atomic E-state index is 8.23. The zero-order chi connectivity index (χ0) is 14.3. The molecule has 2 aromatic carbocycles. The highest BCUT2D eigenvalue weighted by molar-refractivity contribution is 8.93. The van der Waals surface area contributed by atoms with Crippen molar-refractivity contribution < 1.29 is 0 Å². The topological polar surface area (TPSA) is 27.1 Å². The molecule has 0 saturated carbocycles. The zero-order valence-corrected chi connectivity index (χ0v) is 14.8. The predicted octanol–water partition coefficient (Wildman–Crippen LogP) is 5.57. The lowest BCUT2D eigenvalue weighted by molar-refractivity contribution is 0.422. The van der Waals surface area contributed by atoms with Crippen molar-refractivity contribution in [3.8, 4) is 0 Å². The molecule has 0 spiro atoms. The van der Waals surface area contributed by atoms with E-state index in [1.165, 1.54) is 0 Å². The minimum atomic E-state index is 0. The van der Waals surface area contributed by atoms with E-state index in [2.05, 4.69) is 0 Å². The highest BCUT2D eigenvalue weighted by atomic mass is 79.9. The fraction of sp³-hybridized carbons (Fsp3) is 0.133. The summed E-state index contributed by atoms with van der Waals surface area (Å²) < 4.78 is 0. The lowest BCUT2D eigenvalue weighted by Crippen LogP contribution is -2.23. The number of hydrogen-bond acceptors (Lipinski definition) is 1. The Labute approximate surface area is 148 Å². The van der Waals surface area contributed by atoms with Gasteiger partial charge in [-0.1, -0.05) is 34.8 Å². The van der Waals surface area contributed by atoms with Crippen LogP contribution in [0.3, 0.4) is 0 Å². The monoisotopic (exact) mass is 404 g/mol. The Kier molecular flexibility index (Phi) is 5.20. The molecule has 0 aromatic heterocycles. The summed E-state index contributed by atoms with van der Waals surface area (Å²) in [5.74, 6) is 0.507. The molecule has 21 heavy (non-hydrogen) atoms. The fourth-order valence-electron chi connectivity index (χ4n) is 2.44. The van der Waals surface area contributed by atoms with Crippen molar-refractivity contribution in [1.82, 2.24) is 4.90 Å². The van der Waals surface area contributed by atoms with Crippen molar-refractivity contribution in [1.29, 1.82) is 5.41 Å². The van der Waals surface area contributed by atoms with Gasteiger partial charge in [-0.25, -0.2) is 0 Å². The zero-order valence-electron chi connectivity index (χ0n) is 10.9. The molecule has 0 aliphatic carbocycles. The SMILES string of the molecule is Br.N=C1c2ccc(Cl)cc2CN1Cc1cc(Cl)cc(Cl)c1. The van der Waals surface area contributed by atoms with Crippen LogP contribution in [-0.4, -0.2) is 10.7 Å². The third-order valence-corrected chi connectivity index (χ3v) is 3.97. The number of amidine groups is 1. The third-order valence-electron chi connectivity index (χ3n) is 3.30. The molecule has 3 rings (SSSR count). The largest absolute Gasteiger partial charge is 0.348 e. The summed E-state index contributed by atoms with van der Waals surface area (Å²) in [7, 11) is 0. The summed E-state index contributed by atoms with van der Waals surface area (Å²) >= 11 is 18.0. The van der Waals surface area contributed by atoms with E-state index in [-0.39, 0.29) is 17.0 Å². The van der Waals surface area contributed by atoms with Gasteiger partial charge in [-0.3, -0.25) is 5.41 Å². The molecule has 0 atom stereocenters. The van der Waals surface area contributed by atoms with Crippen molar-refractivity contribution in [3.63, 3.8) is 0 Å². The van der Waals surface area contributed by atoms with Crippen LogP contribution in [0.1, 0.15) is 16.7 Å². The van der Waals surface area contributed by atoms with E-state index in [4.69, 9.17) is 40.2 Å². The molecule has 1 aliphatic rings. The average Bonchev–Trinajstić information content (AvgIpc) is 2.64. The van der Waals surface area contributed by atoms with E-state index < -0.39 is 0 Å². The van der Waals surface area contributed by atoms with Gasteiger partial charge in [0.15, 0.2) is 0 Å². The second-order valence-electron chi connectivity index (χ2n) is 4.78. The molecular formula is C15H12BrCl3N2. The van der Waals surface area contributed by atoms with Gasteiger partial charge in [-0.05, 0) is 47.5 Å². The molecule has 0 unspecified atom stereocenters. The van der Waals surface area contributed by atoms with E-state index in [1.54, 1.807) is 6.07 Å². The van der Waals surface area contributed by atoms with Crippen LogP contribution in [0.25, 0.3) is 0 Å². The van der Waals surface area contributed by atoms with Gasteiger partial charge in [0.2, 0.25) is 0 Å². The minimum Gasteiger partial charge on any atom is -0.348 e. The van der Waals surface area contributed by atoms with Crippen molar-refractivity contribution in [3.05, 3.63) is 68.2 Å². The van der Waals surface area contributed by atoms with Gasteiger partial charge in [0.05, 0.1) is 0 Å². The standard InChI is InChI=1S/C15H11Cl3N2.BrH/c16-11-1-2-14-10(5-11)8-20(15(14)19)7-9-3-12(17)6-13(18)4-9;/h1-6,19H,7-8H2;1H. The summed E-state index contributed by atoms with van der Waals surface area (Å²) in [6.45, 7) is 1.28. The van der Waals surface area contributed by atoms with Crippen LogP contribution in [0.5, 0.6) is 0 Å². The summed E-state index contributed by atoms with van der Waals surface area (Å²) in [5, 5.41) is 10.2. The van der Waals surface area contributed by atoms with E-state index in [0.29, 0.717) is 34.0 Å². The van der Waals surface area contributed by atoms with Gasteiger partial charge in [-0.15, -0.1) is 17.0 Å². The molecule has 0 radical (unpaired) electrons. The Morgan fingerprint density at radius 3 is 2.29 bits per heavy atom. The normalized spacial score (nSPS) is 13.1. The number of nitrogens with zero attached hydrogens (tertiary/aromatic N) is 1. The van der Waals surface area contributed by atoms with Crippen molar-refractivity contribution in [2.45, 2.75) is 13.1 Å². The summed E-state index contributed by atoms with van der Waals surface area (Å²) in [5.41, 5.74) is 3.00. The second-order valence-corrected chi connectivity index (χ2v) is 6.09. The molecule has 0 saturated heterocycles. The molecule has 0 bridgehead atoms. The highest BCUT2D eigenvalue weighted by Gasteiger charge is 2.24. The Bertz CT molecular complexity index is 683. The molecule has 1 aliphatic heterocycles. The lowest BCUT2D eigenvalue weighted by atomic mass is 10.1. The first kappa shape index (κ1) is 16.6. The van der Waals surface area contributed by atoms with Crippen LogP contribution in [0.4, 0.5) is 0 Å². The van der Waals surface area contributed by atoms with Gasteiger partial charge < -0.3 is 4.90 Å². The van der Waals surface area contributed by atoms with Crippen LogP contribution < -0.4 is 0 Å². The van der Waals surface area contributed by atoms with E-state index in [1.807, 2.05) is 35.2 Å². The Morgan fingerprint density at radius 1 is 0.952 bits per heavy atom. The molecule has 0 amide bonds. The van der Waals surface area contributed by atoms with Crippen molar-refractivity contribution >= 4 is 57.6 Å². The van der Waals surface area contributed by atoms with Crippen molar-refractivity contribution in [2.24, 2.45) is 0 Å². The van der Waals surface area contributed by atoms with Gasteiger partial charge in [0.1, 0.15) is 5.84 Å². The van der Waals surface area contributed by atoms with E-state index in [9.17, 15) is 0 Å². The Balaban J connectivity index is 0.00000161. The average molecular weight is 407 g/mol. The summed E-state index contributed by atoms with van der Waals surface area (Å²) in [6, 6.07) is 11.1. The molecule has 2 nitrogen and oxygen atoms in total. The number of halogens is 4. The van der Waals surface area contributed by atoms with Gasteiger partial charge >= 0.3 is 0 Å². The summed E-state index contributed by atoms with van der Waals surface area (Å²) in [4.78, 5) is 1.98. The van der Waals surface area contributed by atoms with Crippen LogP contribution in [-0.2, 0) is 13.1 Å². The highest BCUT2D eigenvalue weighted by Crippen LogP contribution is 2.28. The quantitative estimate of drug-likeness (QED) is 0.694. The second kappa shape index (κ2) is 6.57. The molecule has 2 aromatic rings. The fourth-order valence-corrected chi connectivity index (χ4v) is 3.20. The van der Waals surface area contributed by atoms with Gasteiger partial charge in [-0.2, -0.15) is 0 Å².